The van der Waals surface area contributed by atoms with Crippen LogP contribution in [0.5, 0.6) is 0 Å². The topological polar surface area (TPSA) is 34.9 Å². The molecule has 16 heavy (non-hydrogen) atoms. The maximum Gasteiger partial charge on any atom is 0.138 e. The molecule has 1 rings (SSSR count). The Morgan fingerprint density at radius 3 is 2.56 bits per heavy atom. The molecule has 90 valence electrons. The fraction of sp³-hybridized carbons (Fsp3) is 0.692. The standard InChI is InChI=1S/C13H22N2O/c1-13(2,3)12(16)8-6-5-7-11-9-14-15(4)10-11/h9-10H,5-8H2,1-4H3. The van der Waals surface area contributed by atoms with Crippen molar-refractivity contribution in [2.45, 2.75) is 46.5 Å². The summed E-state index contributed by atoms with van der Waals surface area (Å²) < 4.78 is 1.82. The SMILES string of the molecule is Cn1cc(CCCCC(=O)C(C)(C)C)cn1. The Balaban J connectivity index is 2.20. The molecular formula is C13H22N2O. The predicted molar refractivity (Wildman–Crippen MR) is 65.2 cm³/mol. The van der Waals surface area contributed by atoms with Crippen molar-refractivity contribution in [1.82, 2.24) is 9.78 Å². The van der Waals surface area contributed by atoms with E-state index >= 15 is 0 Å². The van der Waals surface area contributed by atoms with Gasteiger partial charge in [-0.15, -0.1) is 0 Å². The number of carbonyl (C=O) groups excluding carboxylic acids is 1. The van der Waals surface area contributed by atoms with Crippen LogP contribution in [0.3, 0.4) is 0 Å². The molecule has 0 aliphatic rings. The van der Waals surface area contributed by atoms with Crippen LogP contribution in [-0.4, -0.2) is 15.6 Å². The molecule has 0 bridgehead atoms. The molecule has 0 atom stereocenters. The Morgan fingerprint density at radius 1 is 1.38 bits per heavy atom. The molecule has 0 saturated heterocycles. The largest absolute Gasteiger partial charge is 0.299 e. The van der Waals surface area contributed by atoms with Gasteiger partial charge in [-0.05, 0) is 24.8 Å². The molecule has 0 radical (unpaired) electrons. The van der Waals surface area contributed by atoms with Gasteiger partial charge in [-0.1, -0.05) is 20.8 Å². The number of hydrogen-bond acceptors (Lipinski definition) is 2. The highest BCUT2D eigenvalue weighted by atomic mass is 16.1. The van der Waals surface area contributed by atoms with E-state index in [0.29, 0.717) is 12.2 Å². The number of unbranched alkanes of at least 4 members (excludes halogenated alkanes) is 1. The van der Waals surface area contributed by atoms with E-state index in [1.54, 1.807) is 0 Å². The monoisotopic (exact) mass is 222 g/mol. The molecule has 0 aliphatic heterocycles. The lowest BCUT2D eigenvalue weighted by molar-refractivity contribution is -0.126. The smallest absolute Gasteiger partial charge is 0.138 e. The molecule has 0 aliphatic carbocycles. The third-order valence-electron chi connectivity index (χ3n) is 2.71. The van der Waals surface area contributed by atoms with Crippen molar-refractivity contribution in [3.05, 3.63) is 18.0 Å². The Bertz CT molecular complexity index is 347. The van der Waals surface area contributed by atoms with Crippen molar-refractivity contribution in [3.63, 3.8) is 0 Å². The molecule has 3 nitrogen and oxygen atoms in total. The van der Waals surface area contributed by atoms with Crippen molar-refractivity contribution in [2.24, 2.45) is 12.5 Å². The molecule has 1 aromatic heterocycles. The minimum absolute atomic E-state index is 0.186. The summed E-state index contributed by atoms with van der Waals surface area (Å²) in [4.78, 5) is 11.7. The van der Waals surface area contributed by atoms with Gasteiger partial charge >= 0.3 is 0 Å². The van der Waals surface area contributed by atoms with E-state index in [4.69, 9.17) is 0 Å². The van der Waals surface area contributed by atoms with Crippen LogP contribution < -0.4 is 0 Å². The predicted octanol–water partition coefficient (Wildman–Crippen LogP) is 2.75. The van der Waals surface area contributed by atoms with Gasteiger partial charge in [0, 0.05) is 25.1 Å². The second kappa shape index (κ2) is 5.28. The van der Waals surface area contributed by atoms with Crippen molar-refractivity contribution >= 4 is 5.78 Å². The number of ketones is 1. The van der Waals surface area contributed by atoms with Crippen LogP contribution in [0.2, 0.25) is 0 Å². The Labute approximate surface area is 97.8 Å². The number of carbonyl (C=O) groups is 1. The molecular weight excluding hydrogens is 200 g/mol. The van der Waals surface area contributed by atoms with Crippen LogP contribution in [0, 0.1) is 5.41 Å². The minimum Gasteiger partial charge on any atom is -0.299 e. The zero-order valence-electron chi connectivity index (χ0n) is 10.8. The quantitative estimate of drug-likeness (QED) is 0.718. The average molecular weight is 222 g/mol. The van der Waals surface area contributed by atoms with Crippen molar-refractivity contribution in [1.29, 1.82) is 0 Å². The van der Waals surface area contributed by atoms with Gasteiger partial charge in [-0.2, -0.15) is 5.10 Å². The number of Topliss-reactive ketones (excluding diaryl/α,β-unsaturated/α-hetero) is 1. The summed E-state index contributed by atoms with van der Waals surface area (Å²) in [5.41, 5.74) is 1.07. The van der Waals surface area contributed by atoms with Crippen LogP contribution in [0.15, 0.2) is 12.4 Å². The Morgan fingerprint density at radius 2 is 2.06 bits per heavy atom. The van der Waals surface area contributed by atoms with Gasteiger partial charge in [0.1, 0.15) is 5.78 Å². The van der Waals surface area contributed by atoms with Gasteiger partial charge in [0.25, 0.3) is 0 Å². The first-order valence-corrected chi connectivity index (χ1v) is 5.90. The third-order valence-corrected chi connectivity index (χ3v) is 2.71. The van der Waals surface area contributed by atoms with Crippen LogP contribution in [0.1, 0.15) is 45.6 Å². The van der Waals surface area contributed by atoms with Crippen LogP contribution in [0.4, 0.5) is 0 Å². The number of rotatable bonds is 5. The van der Waals surface area contributed by atoms with Gasteiger partial charge in [0.15, 0.2) is 0 Å². The molecule has 3 heteroatoms. The van der Waals surface area contributed by atoms with Gasteiger partial charge in [0.05, 0.1) is 6.20 Å². The summed E-state index contributed by atoms with van der Waals surface area (Å²) >= 11 is 0. The lowest BCUT2D eigenvalue weighted by Crippen LogP contribution is -2.19. The van der Waals surface area contributed by atoms with Crippen LogP contribution >= 0.6 is 0 Å². The Kier molecular flexibility index (Phi) is 4.27. The van der Waals surface area contributed by atoms with E-state index in [0.717, 1.165) is 19.3 Å². The third kappa shape index (κ3) is 4.17. The van der Waals surface area contributed by atoms with E-state index < -0.39 is 0 Å². The second-order valence-electron chi connectivity index (χ2n) is 5.40. The van der Waals surface area contributed by atoms with Crippen LogP contribution in [0.25, 0.3) is 0 Å². The van der Waals surface area contributed by atoms with Gasteiger partial charge in [0.2, 0.25) is 0 Å². The van der Waals surface area contributed by atoms with E-state index in [1.807, 2.05) is 44.9 Å². The van der Waals surface area contributed by atoms with Crippen LogP contribution in [-0.2, 0) is 18.3 Å². The second-order valence-corrected chi connectivity index (χ2v) is 5.40. The van der Waals surface area contributed by atoms with Crippen molar-refractivity contribution in [2.75, 3.05) is 0 Å². The highest BCUT2D eigenvalue weighted by Crippen LogP contribution is 2.18. The summed E-state index contributed by atoms with van der Waals surface area (Å²) in [6, 6.07) is 0. The number of nitrogens with zero attached hydrogens (tertiary/aromatic N) is 2. The number of aromatic nitrogens is 2. The fourth-order valence-corrected chi connectivity index (χ4v) is 1.59. The molecule has 1 aromatic rings. The van der Waals surface area contributed by atoms with Gasteiger partial charge in [-0.3, -0.25) is 9.48 Å². The lowest BCUT2D eigenvalue weighted by atomic mass is 9.88. The van der Waals surface area contributed by atoms with Crippen molar-refractivity contribution in [3.8, 4) is 0 Å². The summed E-state index contributed by atoms with van der Waals surface area (Å²) in [6.45, 7) is 5.95. The van der Waals surface area contributed by atoms with Gasteiger partial charge in [-0.25, -0.2) is 0 Å². The maximum absolute atomic E-state index is 11.7. The summed E-state index contributed by atoms with van der Waals surface area (Å²) in [5.74, 6) is 0.360. The fourth-order valence-electron chi connectivity index (χ4n) is 1.59. The molecule has 1 heterocycles. The first-order chi connectivity index (χ1) is 7.39. The van der Waals surface area contributed by atoms with Gasteiger partial charge < -0.3 is 0 Å². The molecule has 0 N–H and O–H groups in total. The Hall–Kier alpha value is -1.12. The summed E-state index contributed by atoms with van der Waals surface area (Å²) in [5, 5.41) is 4.12. The van der Waals surface area contributed by atoms with E-state index in [-0.39, 0.29) is 5.41 Å². The van der Waals surface area contributed by atoms with E-state index in [2.05, 4.69) is 5.10 Å². The highest BCUT2D eigenvalue weighted by molar-refractivity contribution is 5.83. The summed E-state index contributed by atoms with van der Waals surface area (Å²) in [7, 11) is 1.92. The van der Waals surface area contributed by atoms with E-state index in [1.165, 1.54) is 5.56 Å². The molecule has 0 fully saturated rings. The minimum atomic E-state index is -0.186. The maximum atomic E-state index is 11.7. The average Bonchev–Trinajstić information content (AvgIpc) is 2.57. The first-order valence-electron chi connectivity index (χ1n) is 5.90. The normalized spacial score (nSPS) is 11.8. The zero-order valence-corrected chi connectivity index (χ0v) is 10.8. The summed E-state index contributed by atoms with van der Waals surface area (Å²) in [6.07, 6.45) is 7.69. The van der Waals surface area contributed by atoms with E-state index in [9.17, 15) is 4.79 Å². The highest BCUT2D eigenvalue weighted by Gasteiger charge is 2.19. The first kappa shape index (κ1) is 12.9. The molecule has 0 unspecified atom stereocenters. The molecule has 0 saturated carbocycles. The number of hydrogen-bond donors (Lipinski definition) is 0. The molecule has 0 aromatic carbocycles. The molecule has 0 spiro atoms. The molecule has 0 amide bonds. The van der Waals surface area contributed by atoms with Crippen molar-refractivity contribution < 1.29 is 4.79 Å². The number of aryl methyl sites for hydroxylation is 2. The lowest BCUT2D eigenvalue weighted by Gasteiger charge is -2.15. The zero-order chi connectivity index (χ0) is 12.2.